The molecule has 0 bridgehead atoms. The van der Waals surface area contributed by atoms with Crippen LogP contribution in [0.15, 0.2) is 23.3 Å². The number of ether oxygens (including phenoxy) is 1. The predicted molar refractivity (Wildman–Crippen MR) is 52.6 cm³/mol. The third-order valence-corrected chi connectivity index (χ3v) is 2.16. The normalized spacial score (nSPS) is 18.2. The lowest BCUT2D eigenvalue weighted by Gasteiger charge is -2.09. The molecule has 0 N–H and O–H groups in total. The Labute approximate surface area is 79.3 Å². The van der Waals surface area contributed by atoms with E-state index >= 15 is 0 Å². The Bertz CT molecular complexity index is 226. The lowest BCUT2D eigenvalue weighted by Crippen LogP contribution is -1.98. The molecule has 0 fully saturated rings. The van der Waals surface area contributed by atoms with E-state index in [9.17, 15) is 4.79 Å². The quantitative estimate of drug-likeness (QED) is 0.490. The summed E-state index contributed by atoms with van der Waals surface area (Å²) >= 11 is 0. The first kappa shape index (κ1) is 10.2. The molecule has 0 saturated heterocycles. The standard InChI is InChI=1S/C11H16O2/c1-13-9-11(8-12)7-10-5-3-2-4-6-10/h5,7-8H,2-4,6,9H2,1H3/b11-7-. The maximum absolute atomic E-state index is 10.6. The van der Waals surface area contributed by atoms with Crippen LogP contribution in [0.5, 0.6) is 0 Å². The van der Waals surface area contributed by atoms with Gasteiger partial charge < -0.3 is 4.74 Å². The van der Waals surface area contributed by atoms with Crippen LogP contribution >= 0.6 is 0 Å². The van der Waals surface area contributed by atoms with Crippen molar-refractivity contribution in [3.8, 4) is 0 Å². The predicted octanol–water partition coefficient (Wildman–Crippen LogP) is 2.26. The lowest BCUT2D eigenvalue weighted by molar-refractivity contribution is -0.105. The van der Waals surface area contributed by atoms with Crippen LogP contribution in [0, 0.1) is 0 Å². The molecule has 0 aromatic rings. The minimum absolute atomic E-state index is 0.417. The average molecular weight is 180 g/mol. The van der Waals surface area contributed by atoms with Crippen molar-refractivity contribution in [2.45, 2.75) is 25.7 Å². The third kappa shape index (κ3) is 3.55. The van der Waals surface area contributed by atoms with Gasteiger partial charge in [0.1, 0.15) is 6.29 Å². The average Bonchev–Trinajstić information content (AvgIpc) is 2.19. The van der Waals surface area contributed by atoms with E-state index in [1.165, 1.54) is 18.4 Å². The van der Waals surface area contributed by atoms with Crippen molar-refractivity contribution in [3.63, 3.8) is 0 Å². The second kappa shape index (κ2) is 5.70. The molecule has 0 unspecified atom stereocenters. The summed E-state index contributed by atoms with van der Waals surface area (Å²) in [6.45, 7) is 0.417. The Kier molecular flexibility index (Phi) is 4.47. The smallest absolute Gasteiger partial charge is 0.148 e. The maximum atomic E-state index is 10.6. The van der Waals surface area contributed by atoms with Gasteiger partial charge in [-0.1, -0.05) is 17.7 Å². The number of methoxy groups -OCH3 is 1. The summed E-state index contributed by atoms with van der Waals surface area (Å²) in [6.07, 6.45) is 9.79. The summed E-state index contributed by atoms with van der Waals surface area (Å²) in [5, 5.41) is 0. The molecule has 72 valence electrons. The molecule has 0 aromatic heterocycles. The topological polar surface area (TPSA) is 26.3 Å². The van der Waals surface area contributed by atoms with E-state index in [1.807, 2.05) is 6.08 Å². The van der Waals surface area contributed by atoms with Crippen LogP contribution in [-0.4, -0.2) is 20.0 Å². The van der Waals surface area contributed by atoms with Crippen molar-refractivity contribution >= 4 is 6.29 Å². The van der Waals surface area contributed by atoms with Crippen LogP contribution in [0.1, 0.15) is 25.7 Å². The number of rotatable bonds is 4. The fraction of sp³-hybridized carbons (Fsp3) is 0.545. The largest absolute Gasteiger partial charge is 0.380 e. The molecule has 1 aliphatic rings. The molecule has 1 rings (SSSR count). The van der Waals surface area contributed by atoms with Gasteiger partial charge >= 0.3 is 0 Å². The molecule has 1 aliphatic carbocycles. The van der Waals surface area contributed by atoms with E-state index in [0.29, 0.717) is 6.61 Å². The fourth-order valence-corrected chi connectivity index (χ4v) is 1.51. The first-order valence-corrected chi connectivity index (χ1v) is 4.70. The molecule has 0 atom stereocenters. The van der Waals surface area contributed by atoms with Gasteiger partial charge in [-0.15, -0.1) is 0 Å². The highest BCUT2D eigenvalue weighted by Crippen LogP contribution is 2.19. The fourth-order valence-electron chi connectivity index (χ4n) is 1.51. The van der Waals surface area contributed by atoms with E-state index in [4.69, 9.17) is 4.74 Å². The van der Waals surface area contributed by atoms with Crippen molar-refractivity contribution in [2.24, 2.45) is 0 Å². The van der Waals surface area contributed by atoms with Gasteiger partial charge in [0.05, 0.1) is 6.61 Å². The highest BCUT2D eigenvalue weighted by atomic mass is 16.5. The Hall–Kier alpha value is -0.890. The summed E-state index contributed by atoms with van der Waals surface area (Å²) in [4.78, 5) is 10.6. The highest BCUT2D eigenvalue weighted by Gasteiger charge is 2.02. The molecule has 2 heteroatoms. The van der Waals surface area contributed by atoms with Gasteiger partial charge in [-0.2, -0.15) is 0 Å². The van der Waals surface area contributed by atoms with Crippen LogP contribution in [0.2, 0.25) is 0 Å². The Morgan fingerprint density at radius 1 is 1.62 bits per heavy atom. The van der Waals surface area contributed by atoms with Gasteiger partial charge in [-0.25, -0.2) is 0 Å². The molecule has 0 saturated carbocycles. The van der Waals surface area contributed by atoms with E-state index in [0.717, 1.165) is 24.7 Å². The van der Waals surface area contributed by atoms with Crippen molar-refractivity contribution in [3.05, 3.63) is 23.3 Å². The molecule has 0 radical (unpaired) electrons. The first-order valence-electron chi connectivity index (χ1n) is 4.70. The van der Waals surface area contributed by atoms with Crippen molar-refractivity contribution in [1.82, 2.24) is 0 Å². The van der Waals surface area contributed by atoms with Gasteiger partial charge in [0, 0.05) is 12.7 Å². The van der Waals surface area contributed by atoms with Gasteiger partial charge in [0.2, 0.25) is 0 Å². The minimum Gasteiger partial charge on any atom is -0.380 e. The molecule has 2 nitrogen and oxygen atoms in total. The zero-order valence-electron chi connectivity index (χ0n) is 8.08. The summed E-state index contributed by atoms with van der Waals surface area (Å²) in [5.74, 6) is 0. The number of hydrogen-bond acceptors (Lipinski definition) is 2. The second-order valence-corrected chi connectivity index (χ2v) is 3.29. The van der Waals surface area contributed by atoms with Crippen LogP contribution in [0.4, 0.5) is 0 Å². The first-order chi connectivity index (χ1) is 6.36. The number of carbonyl (C=O) groups excluding carboxylic acids is 1. The Morgan fingerprint density at radius 3 is 3.00 bits per heavy atom. The monoisotopic (exact) mass is 180 g/mol. The van der Waals surface area contributed by atoms with E-state index in [-0.39, 0.29) is 0 Å². The summed E-state index contributed by atoms with van der Waals surface area (Å²) < 4.78 is 4.91. The van der Waals surface area contributed by atoms with Crippen LogP contribution < -0.4 is 0 Å². The molecule has 0 aliphatic heterocycles. The van der Waals surface area contributed by atoms with E-state index in [1.54, 1.807) is 7.11 Å². The van der Waals surface area contributed by atoms with Crippen molar-refractivity contribution in [1.29, 1.82) is 0 Å². The molecule has 0 heterocycles. The van der Waals surface area contributed by atoms with Crippen LogP contribution in [0.3, 0.4) is 0 Å². The molecule has 0 spiro atoms. The number of carbonyl (C=O) groups is 1. The van der Waals surface area contributed by atoms with E-state index < -0.39 is 0 Å². The van der Waals surface area contributed by atoms with Gasteiger partial charge in [-0.05, 0) is 25.7 Å². The maximum Gasteiger partial charge on any atom is 0.148 e. The zero-order chi connectivity index (χ0) is 9.52. The van der Waals surface area contributed by atoms with Crippen LogP contribution in [0.25, 0.3) is 0 Å². The van der Waals surface area contributed by atoms with Crippen molar-refractivity contribution in [2.75, 3.05) is 13.7 Å². The number of hydrogen-bond donors (Lipinski definition) is 0. The SMILES string of the molecule is COC/C(C=O)=C\C1=CCCCC1. The Morgan fingerprint density at radius 2 is 2.46 bits per heavy atom. The highest BCUT2D eigenvalue weighted by molar-refractivity contribution is 5.74. The van der Waals surface area contributed by atoms with Crippen LogP contribution in [-0.2, 0) is 9.53 Å². The second-order valence-electron chi connectivity index (χ2n) is 3.29. The molecule has 0 amide bonds. The molecular formula is C11H16O2. The van der Waals surface area contributed by atoms with Crippen molar-refractivity contribution < 1.29 is 9.53 Å². The molecule has 0 aromatic carbocycles. The summed E-state index contributed by atoms with van der Waals surface area (Å²) in [7, 11) is 1.60. The lowest BCUT2D eigenvalue weighted by atomic mass is 9.98. The molecular weight excluding hydrogens is 164 g/mol. The van der Waals surface area contributed by atoms with Gasteiger partial charge in [0.25, 0.3) is 0 Å². The van der Waals surface area contributed by atoms with Gasteiger partial charge in [0.15, 0.2) is 0 Å². The minimum atomic E-state index is 0.417. The summed E-state index contributed by atoms with van der Waals surface area (Å²) in [6, 6.07) is 0. The van der Waals surface area contributed by atoms with Gasteiger partial charge in [-0.3, -0.25) is 4.79 Å². The number of allylic oxidation sites excluding steroid dienone is 3. The Balaban J connectivity index is 2.59. The number of aldehydes is 1. The zero-order valence-corrected chi connectivity index (χ0v) is 8.08. The van der Waals surface area contributed by atoms with E-state index in [2.05, 4.69) is 6.08 Å². The third-order valence-electron chi connectivity index (χ3n) is 2.16. The summed E-state index contributed by atoms with van der Waals surface area (Å²) in [5.41, 5.74) is 2.01. The molecule has 13 heavy (non-hydrogen) atoms.